The average Bonchev–Trinajstić information content (AvgIpc) is 1.91. The molecular weight excluding hydrogens is 112 g/mol. The molecule has 1 saturated carbocycles. The van der Waals surface area contributed by atoms with Crippen molar-refractivity contribution in [3.63, 3.8) is 0 Å². The van der Waals surface area contributed by atoms with Gasteiger partial charge in [-0.25, -0.2) is 0 Å². The van der Waals surface area contributed by atoms with E-state index in [0.29, 0.717) is 6.04 Å². The monoisotopic (exact) mass is 127 g/mol. The minimum atomic E-state index is 0.670. The van der Waals surface area contributed by atoms with E-state index in [2.05, 4.69) is 5.32 Å². The van der Waals surface area contributed by atoms with Crippen LogP contribution in [0.2, 0.25) is 0 Å². The van der Waals surface area contributed by atoms with E-state index in [1.54, 1.807) is 6.67 Å². The van der Waals surface area contributed by atoms with Gasteiger partial charge in [0.05, 0.1) is 6.67 Å². The van der Waals surface area contributed by atoms with Gasteiger partial charge >= 0.3 is 0 Å². The summed E-state index contributed by atoms with van der Waals surface area (Å²) in [7, 11) is 0. The van der Waals surface area contributed by atoms with Crippen LogP contribution in [0.25, 0.3) is 0 Å². The minimum Gasteiger partial charge on any atom is -0.313 e. The van der Waals surface area contributed by atoms with Gasteiger partial charge in [0.15, 0.2) is 0 Å². The largest absolute Gasteiger partial charge is 0.313 e. The van der Waals surface area contributed by atoms with Crippen LogP contribution in [0.4, 0.5) is 0 Å². The molecule has 0 amide bonds. The first-order valence-electron chi connectivity index (χ1n) is 3.73. The Morgan fingerprint density at radius 2 is 1.89 bits per heavy atom. The molecule has 9 heavy (non-hydrogen) atoms. The molecule has 2 nitrogen and oxygen atoms in total. The van der Waals surface area contributed by atoms with Crippen LogP contribution in [0, 0.1) is 6.67 Å². The maximum Gasteiger partial charge on any atom is 0.0841 e. The molecule has 1 rings (SSSR count). The lowest BCUT2D eigenvalue weighted by molar-refractivity contribution is 0.393. The van der Waals surface area contributed by atoms with Crippen LogP contribution < -0.4 is 11.1 Å². The summed E-state index contributed by atoms with van der Waals surface area (Å²) in [5.74, 6) is 0. The van der Waals surface area contributed by atoms with E-state index in [-0.39, 0.29) is 0 Å². The molecule has 1 aliphatic carbocycles. The quantitative estimate of drug-likeness (QED) is 0.580. The first kappa shape index (κ1) is 7.03. The molecule has 0 unspecified atom stereocenters. The predicted molar refractivity (Wildman–Crippen MR) is 38.5 cm³/mol. The van der Waals surface area contributed by atoms with Crippen LogP contribution >= 0.6 is 0 Å². The van der Waals surface area contributed by atoms with Gasteiger partial charge in [-0.15, -0.1) is 0 Å². The van der Waals surface area contributed by atoms with Gasteiger partial charge in [0.1, 0.15) is 0 Å². The van der Waals surface area contributed by atoms with E-state index >= 15 is 0 Å². The molecule has 0 aromatic heterocycles. The molecule has 1 aliphatic rings. The summed E-state index contributed by atoms with van der Waals surface area (Å²) in [6.07, 6.45) is 6.74. The highest BCUT2D eigenvalue weighted by atomic mass is 15.0. The smallest absolute Gasteiger partial charge is 0.0841 e. The van der Waals surface area contributed by atoms with Crippen molar-refractivity contribution in [1.29, 1.82) is 0 Å². The van der Waals surface area contributed by atoms with Crippen molar-refractivity contribution in [1.82, 2.24) is 5.32 Å². The lowest BCUT2D eigenvalue weighted by atomic mass is 9.96. The number of hydrogen-bond acceptors (Lipinski definition) is 2. The first-order chi connectivity index (χ1) is 4.43. The van der Waals surface area contributed by atoms with Crippen LogP contribution in [-0.4, -0.2) is 6.04 Å². The topological polar surface area (TPSA) is 38.0 Å². The summed E-state index contributed by atoms with van der Waals surface area (Å²) in [5, 5.41) is 3.14. The molecule has 3 N–H and O–H groups in total. The lowest BCUT2D eigenvalue weighted by Gasteiger charge is -2.21. The maximum absolute atomic E-state index is 5.22. The first-order valence-corrected chi connectivity index (χ1v) is 3.73. The summed E-state index contributed by atoms with van der Waals surface area (Å²) < 4.78 is 0. The molecule has 1 fully saturated rings. The third kappa shape index (κ3) is 2.33. The zero-order valence-corrected chi connectivity index (χ0v) is 5.77. The number of nitrogens with one attached hydrogen (secondary N) is 1. The highest BCUT2D eigenvalue weighted by Gasteiger charge is 2.10. The van der Waals surface area contributed by atoms with Gasteiger partial charge in [-0.3, -0.25) is 5.32 Å². The van der Waals surface area contributed by atoms with Gasteiger partial charge in [-0.1, -0.05) is 19.3 Å². The second kappa shape index (κ2) is 3.85. The standard InChI is InChI=1S/C7H15N2/c8-6-9-7-4-2-1-3-5-7/h6-7,9H,1-5,8H2. The van der Waals surface area contributed by atoms with E-state index in [0.717, 1.165) is 0 Å². The highest BCUT2D eigenvalue weighted by molar-refractivity contribution is 4.73. The molecule has 0 atom stereocenters. The van der Waals surface area contributed by atoms with Crippen molar-refractivity contribution < 1.29 is 0 Å². The molecule has 0 aromatic carbocycles. The van der Waals surface area contributed by atoms with Crippen LogP contribution in [0.5, 0.6) is 0 Å². The fourth-order valence-electron chi connectivity index (χ4n) is 1.41. The van der Waals surface area contributed by atoms with Crippen molar-refractivity contribution in [2.75, 3.05) is 0 Å². The van der Waals surface area contributed by atoms with E-state index < -0.39 is 0 Å². The van der Waals surface area contributed by atoms with Crippen molar-refractivity contribution in [3.05, 3.63) is 6.67 Å². The van der Waals surface area contributed by atoms with Crippen LogP contribution in [-0.2, 0) is 0 Å². The fourth-order valence-corrected chi connectivity index (χ4v) is 1.41. The molecule has 2 heteroatoms. The van der Waals surface area contributed by atoms with Crippen molar-refractivity contribution in [3.8, 4) is 0 Å². The van der Waals surface area contributed by atoms with Gasteiger partial charge in [-0.2, -0.15) is 0 Å². The van der Waals surface area contributed by atoms with Crippen molar-refractivity contribution in [2.24, 2.45) is 5.73 Å². The fraction of sp³-hybridized carbons (Fsp3) is 0.857. The molecule has 0 heterocycles. The molecule has 53 valence electrons. The van der Waals surface area contributed by atoms with Crippen LogP contribution in [0.3, 0.4) is 0 Å². The molecule has 0 aliphatic heterocycles. The van der Waals surface area contributed by atoms with Gasteiger partial charge in [0, 0.05) is 6.04 Å². The van der Waals surface area contributed by atoms with Crippen molar-refractivity contribution >= 4 is 0 Å². The van der Waals surface area contributed by atoms with Gasteiger partial charge < -0.3 is 5.73 Å². The molecule has 0 saturated heterocycles. The highest BCUT2D eigenvalue weighted by Crippen LogP contribution is 2.16. The Kier molecular flexibility index (Phi) is 3.01. The van der Waals surface area contributed by atoms with Gasteiger partial charge in [-0.05, 0) is 12.8 Å². The average molecular weight is 127 g/mol. The van der Waals surface area contributed by atoms with E-state index in [1.165, 1.54) is 32.1 Å². The van der Waals surface area contributed by atoms with Gasteiger partial charge in [0.2, 0.25) is 0 Å². The van der Waals surface area contributed by atoms with Crippen LogP contribution in [0.1, 0.15) is 32.1 Å². The molecule has 0 aromatic rings. The lowest BCUT2D eigenvalue weighted by Crippen LogP contribution is -2.31. The van der Waals surface area contributed by atoms with Crippen molar-refractivity contribution in [2.45, 2.75) is 38.1 Å². The summed E-state index contributed by atoms with van der Waals surface area (Å²) >= 11 is 0. The number of hydrogen-bond donors (Lipinski definition) is 2. The third-order valence-electron chi connectivity index (χ3n) is 1.94. The Labute approximate surface area is 56.8 Å². The maximum atomic E-state index is 5.22. The Balaban J connectivity index is 2.08. The van der Waals surface area contributed by atoms with Gasteiger partial charge in [0.25, 0.3) is 0 Å². The zero-order valence-electron chi connectivity index (χ0n) is 5.77. The predicted octanol–water partition coefficient (Wildman–Crippen LogP) is 0.987. The molecule has 0 spiro atoms. The van der Waals surface area contributed by atoms with E-state index in [1.807, 2.05) is 0 Å². The summed E-state index contributed by atoms with van der Waals surface area (Å²) in [6.45, 7) is 1.57. The normalized spacial score (nSPS) is 22.3. The zero-order chi connectivity index (χ0) is 6.53. The summed E-state index contributed by atoms with van der Waals surface area (Å²) in [5.41, 5.74) is 5.22. The number of rotatable bonds is 2. The van der Waals surface area contributed by atoms with E-state index in [9.17, 15) is 0 Å². The third-order valence-corrected chi connectivity index (χ3v) is 1.94. The van der Waals surface area contributed by atoms with E-state index in [4.69, 9.17) is 5.73 Å². The summed E-state index contributed by atoms with van der Waals surface area (Å²) in [4.78, 5) is 0. The number of nitrogens with two attached hydrogens (primary N) is 1. The molecular formula is C7H15N2. The SMILES string of the molecule is N[CH]NC1CCCCC1. The second-order valence-corrected chi connectivity index (χ2v) is 2.67. The second-order valence-electron chi connectivity index (χ2n) is 2.67. The Morgan fingerprint density at radius 1 is 1.22 bits per heavy atom. The molecule has 0 bridgehead atoms. The Morgan fingerprint density at radius 3 is 2.44 bits per heavy atom. The Bertz CT molecular complexity index is 64.6. The minimum absolute atomic E-state index is 0.670. The summed E-state index contributed by atoms with van der Waals surface area (Å²) in [6, 6.07) is 0.670. The molecule has 1 radical (unpaired) electrons. The van der Waals surface area contributed by atoms with Crippen LogP contribution in [0.15, 0.2) is 0 Å². The Hall–Kier alpha value is -0.0800.